The highest BCUT2D eigenvalue weighted by molar-refractivity contribution is 7.85. The summed E-state index contributed by atoms with van der Waals surface area (Å²) in [6, 6.07) is 5.78. The Hall–Kier alpha value is -1.02. The number of aliphatic hydroxyl groups excluding tert-OH is 1. The van der Waals surface area contributed by atoms with Crippen LogP contribution in [0.25, 0.3) is 0 Å². The van der Waals surface area contributed by atoms with Gasteiger partial charge >= 0.3 is 0 Å². The van der Waals surface area contributed by atoms with E-state index in [1.807, 2.05) is 21.0 Å². The largest absolute Gasteiger partial charge is 0.744 e. The summed E-state index contributed by atoms with van der Waals surface area (Å²) in [6.45, 7) is 2.76. The third-order valence-corrected chi connectivity index (χ3v) is 3.55. The molecule has 1 aromatic rings. The van der Waals surface area contributed by atoms with Crippen molar-refractivity contribution in [2.45, 2.75) is 11.8 Å². The number of rotatable bonds is 5. The molecule has 0 unspecified atom stereocenters. The fourth-order valence-corrected chi connectivity index (χ4v) is 1.79. The Labute approximate surface area is 120 Å². The topological polar surface area (TPSA) is 77.4 Å². The van der Waals surface area contributed by atoms with Crippen molar-refractivity contribution in [1.29, 1.82) is 0 Å². The van der Waals surface area contributed by atoms with Gasteiger partial charge in [-0.15, -0.1) is 0 Å². The molecule has 0 atom stereocenters. The van der Waals surface area contributed by atoms with Crippen molar-refractivity contribution in [3.63, 3.8) is 0 Å². The van der Waals surface area contributed by atoms with E-state index < -0.39 is 10.1 Å². The van der Waals surface area contributed by atoms with Crippen LogP contribution in [-0.2, 0) is 10.1 Å². The number of aliphatic hydroxyl groups is 1. The van der Waals surface area contributed by atoms with Gasteiger partial charge in [0, 0.05) is 0 Å². The standard InChI is InChI=1S/C7H8O3S.C6H15FNO/c1-6-2-4-7(5-3-6)11(8,9)10;1-8(2,4-3-7)5-6-9/h2-5H,1H3,(H,8,9,10);9H,3-6H2,1-2H3/q;+1/p-1. The van der Waals surface area contributed by atoms with Crippen molar-refractivity contribution in [2.24, 2.45) is 0 Å². The molecule has 1 aromatic carbocycles. The molecule has 0 aliphatic heterocycles. The van der Waals surface area contributed by atoms with Crippen LogP contribution in [0.1, 0.15) is 5.56 Å². The lowest BCUT2D eigenvalue weighted by molar-refractivity contribution is -0.890. The maximum Gasteiger partial charge on any atom is 0.138 e. The van der Waals surface area contributed by atoms with Crippen molar-refractivity contribution >= 4 is 10.1 Å². The van der Waals surface area contributed by atoms with Gasteiger partial charge in [-0.2, -0.15) is 0 Å². The average molecular weight is 307 g/mol. The molecule has 0 aromatic heterocycles. The van der Waals surface area contributed by atoms with E-state index in [1.54, 1.807) is 12.1 Å². The smallest absolute Gasteiger partial charge is 0.138 e. The van der Waals surface area contributed by atoms with E-state index in [1.165, 1.54) is 12.1 Å². The van der Waals surface area contributed by atoms with Gasteiger partial charge in [0.2, 0.25) is 0 Å². The molecule has 7 heteroatoms. The lowest BCUT2D eigenvalue weighted by atomic mass is 10.2. The van der Waals surface area contributed by atoms with E-state index >= 15 is 0 Å². The van der Waals surface area contributed by atoms with E-state index in [-0.39, 0.29) is 18.2 Å². The average Bonchev–Trinajstić information content (AvgIpc) is 2.28. The zero-order valence-electron chi connectivity index (χ0n) is 12.0. The number of quaternary nitrogens is 1. The van der Waals surface area contributed by atoms with Crippen LogP contribution in [0.15, 0.2) is 29.2 Å². The molecular weight excluding hydrogens is 285 g/mol. The van der Waals surface area contributed by atoms with Gasteiger partial charge in [-0.3, -0.25) is 0 Å². The Morgan fingerprint density at radius 3 is 2.05 bits per heavy atom. The number of alkyl halides is 1. The second kappa shape index (κ2) is 8.31. The Morgan fingerprint density at radius 2 is 1.70 bits per heavy atom. The molecule has 0 aliphatic carbocycles. The van der Waals surface area contributed by atoms with Crippen molar-refractivity contribution in [1.82, 2.24) is 0 Å². The maximum atomic E-state index is 11.7. The van der Waals surface area contributed by atoms with E-state index in [2.05, 4.69) is 0 Å². The first-order valence-electron chi connectivity index (χ1n) is 6.14. The minimum Gasteiger partial charge on any atom is -0.744 e. The van der Waals surface area contributed by atoms with Crippen molar-refractivity contribution in [3.05, 3.63) is 29.8 Å². The highest BCUT2D eigenvalue weighted by Crippen LogP contribution is 2.08. The summed E-state index contributed by atoms with van der Waals surface area (Å²) in [5.41, 5.74) is 0.928. The van der Waals surface area contributed by atoms with Crippen LogP contribution in [0, 0.1) is 6.92 Å². The molecule has 5 nitrogen and oxygen atoms in total. The van der Waals surface area contributed by atoms with Gasteiger partial charge < -0.3 is 14.1 Å². The molecule has 0 saturated carbocycles. The summed E-state index contributed by atoms with van der Waals surface area (Å²) >= 11 is 0. The first-order valence-corrected chi connectivity index (χ1v) is 7.54. The normalized spacial score (nSPS) is 11.7. The summed E-state index contributed by atoms with van der Waals surface area (Å²) in [5.74, 6) is 0. The molecule has 0 spiro atoms. The fourth-order valence-electron chi connectivity index (χ4n) is 1.32. The van der Waals surface area contributed by atoms with Crippen molar-refractivity contribution < 1.29 is 27.0 Å². The van der Waals surface area contributed by atoms with Gasteiger partial charge in [0.05, 0.1) is 25.6 Å². The van der Waals surface area contributed by atoms with Gasteiger partial charge in [-0.05, 0) is 19.1 Å². The lowest BCUT2D eigenvalue weighted by Gasteiger charge is -2.27. The minimum absolute atomic E-state index is 0.132. The molecular formula is C13H22FNO4S. The van der Waals surface area contributed by atoms with E-state index in [4.69, 9.17) is 5.11 Å². The third kappa shape index (κ3) is 8.21. The van der Waals surface area contributed by atoms with Crippen LogP contribution >= 0.6 is 0 Å². The number of likely N-dealkylation sites (N-methyl/N-ethyl adjacent to an activating group) is 1. The zero-order valence-corrected chi connectivity index (χ0v) is 12.9. The maximum absolute atomic E-state index is 11.7. The Kier molecular flexibility index (Phi) is 7.88. The van der Waals surface area contributed by atoms with Crippen LogP contribution in [0.4, 0.5) is 4.39 Å². The number of hydrogen-bond donors (Lipinski definition) is 1. The highest BCUT2D eigenvalue weighted by atomic mass is 32.2. The second-order valence-corrected chi connectivity index (χ2v) is 6.44. The Morgan fingerprint density at radius 1 is 1.20 bits per heavy atom. The van der Waals surface area contributed by atoms with Crippen LogP contribution in [-0.4, -0.2) is 63.0 Å². The molecule has 1 rings (SSSR count). The van der Waals surface area contributed by atoms with Crippen molar-refractivity contribution in [3.8, 4) is 0 Å². The monoisotopic (exact) mass is 307 g/mol. The van der Waals surface area contributed by atoms with Gasteiger partial charge in [-0.1, -0.05) is 17.7 Å². The molecule has 0 fully saturated rings. The van der Waals surface area contributed by atoms with Gasteiger partial charge in [-0.25, -0.2) is 12.8 Å². The third-order valence-electron chi connectivity index (χ3n) is 2.70. The lowest BCUT2D eigenvalue weighted by Crippen LogP contribution is -2.43. The molecule has 0 amide bonds. The van der Waals surface area contributed by atoms with E-state index in [0.29, 0.717) is 17.6 Å². The fraction of sp³-hybridized carbons (Fsp3) is 0.538. The van der Waals surface area contributed by atoms with Crippen LogP contribution < -0.4 is 0 Å². The Bertz CT molecular complexity index is 478. The van der Waals surface area contributed by atoms with Crippen molar-refractivity contribution in [2.75, 3.05) is 40.5 Å². The summed E-state index contributed by atoms with van der Waals surface area (Å²) in [4.78, 5) is -0.178. The number of hydrogen-bond acceptors (Lipinski definition) is 4. The van der Waals surface area contributed by atoms with Crippen LogP contribution in [0.5, 0.6) is 0 Å². The van der Waals surface area contributed by atoms with E-state index in [0.717, 1.165) is 5.56 Å². The van der Waals surface area contributed by atoms with Gasteiger partial charge in [0.25, 0.3) is 0 Å². The molecule has 0 bridgehead atoms. The predicted octanol–water partition coefficient (Wildman–Crippen LogP) is 0.924. The molecule has 20 heavy (non-hydrogen) atoms. The molecule has 0 aliphatic rings. The number of halogens is 1. The van der Waals surface area contributed by atoms with Gasteiger partial charge in [0.15, 0.2) is 0 Å². The summed E-state index contributed by atoms with van der Waals surface area (Å²) in [5, 5.41) is 8.49. The predicted molar refractivity (Wildman–Crippen MR) is 74.0 cm³/mol. The minimum atomic E-state index is -4.27. The van der Waals surface area contributed by atoms with Gasteiger partial charge in [0.1, 0.15) is 29.9 Å². The van der Waals surface area contributed by atoms with E-state index in [9.17, 15) is 17.4 Å². The number of benzene rings is 1. The van der Waals surface area contributed by atoms with Crippen LogP contribution in [0.2, 0.25) is 0 Å². The number of aryl methyl sites for hydroxylation is 1. The molecule has 116 valence electrons. The number of nitrogens with zero attached hydrogens (tertiary/aromatic N) is 1. The Balaban J connectivity index is 0.000000370. The molecule has 0 radical (unpaired) electrons. The first-order chi connectivity index (χ1) is 9.12. The summed E-state index contributed by atoms with van der Waals surface area (Å²) in [6.07, 6.45) is 0. The quantitative estimate of drug-likeness (QED) is 0.648. The molecule has 0 heterocycles. The molecule has 1 N–H and O–H groups in total. The first kappa shape index (κ1) is 19.0. The molecule has 0 saturated heterocycles. The summed E-state index contributed by atoms with van der Waals surface area (Å²) < 4.78 is 43.4. The van der Waals surface area contributed by atoms with Crippen LogP contribution in [0.3, 0.4) is 0 Å². The SMILES string of the molecule is C[N+](C)(CCO)CCF.Cc1ccc(S(=O)(=O)[O-])cc1. The highest BCUT2D eigenvalue weighted by Gasteiger charge is 2.12. The summed E-state index contributed by atoms with van der Waals surface area (Å²) in [7, 11) is -0.472. The zero-order chi connectivity index (χ0) is 15.8. The second-order valence-electron chi connectivity index (χ2n) is 5.06.